The normalized spacial score (nSPS) is 10.8. The van der Waals surface area contributed by atoms with Gasteiger partial charge in [-0.25, -0.2) is 0 Å². The van der Waals surface area contributed by atoms with Crippen LogP contribution < -0.4 is 10.6 Å². The van der Waals surface area contributed by atoms with E-state index in [4.69, 9.17) is 46.4 Å². The summed E-state index contributed by atoms with van der Waals surface area (Å²) in [6.07, 6.45) is 4.29. The lowest BCUT2D eigenvalue weighted by Gasteiger charge is -2.08. The molecule has 2 aromatic rings. The Hall–Kier alpha value is -0.760. The summed E-state index contributed by atoms with van der Waals surface area (Å²) in [5.41, 5.74) is 1.07. The summed E-state index contributed by atoms with van der Waals surface area (Å²) < 4.78 is 0. The highest BCUT2D eigenvalue weighted by atomic mass is 35.5. The third kappa shape index (κ3) is 10.0. The van der Waals surface area contributed by atoms with Crippen molar-refractivity contribution in [2.45, 2.75) is 25.7 Å². The zero-order valence-corrected chi connectivity index (χ0v) is 21.9. The molecule has 0 aliphatic rings. The predicted octanol–water partition coefficient (Wildman–Crippen LogP) is 7.90. The van der Waals surface area contributed by atoms with Crippen LogP contribution in [0.1, 0.15) is 25.7 Å². The fraction of sp³-hybridized carbons (Fsp3) is 0.364. The van der Waals surface area contributed by atoms with E-state index < -0.39 is 0 Å². The van der Waals surface area contributed by atoms with Gasteiger partial charge in [0.15, 0.2) is 0 Å². The van der Waals surface area contributed by atoms with Crippen LogP contribution in [0.5, 0.6) is 0 Å². The molecule has 0 aliphatic carbocycles. The van der Waals surface area contributed by atoms with Crippen LogP contribution in [-0.4, -0.2) is 34.8 Å². The van der Waals surface area contributed by atoms with E-state index in [1.165, 1.54) is 0 Å². The molecule has 2 aromatic carbocycles. The first-order chi connectivity index (χ1) is 15.4. The minimum absolute atomic E-state index is 0.0899. The molecule has 0 fully saturated rings. The number of hydrogen-bond donors (Lipinski definition) is 2. The minimum Gasteiger partial charge on any atom is -0.324 e. The number of carbonyl (C=O) groups is 2. The number of anilines is 2. The fourth-order valence-electron chi connectivity index (χ4n) is 2.66. The Bertz CT molecular complexity index is 842. The predicted molar refractivity (Wildman–Crippen MR) is 143 cm³/mol. The molecule has 0 atom stereocenters. The van der Waals surface area contributed by atoms with E-state index in [0.717, 1.165) is 37.2 Å². The molecule has 0 heterocycles. The Morgan fingerprint density at radius 2 is 1.06 bits per heavy atom. The maximum atomic E-state index is 12.0. The number of thioether (sulfide) groups is 2. The lowest BCUT2D eigenvalue weighted by atomic mass is 10.2. The van der Waals surface area contributed by atoms with Crippen LogP contribution >= 0.6 is 69.9 Å². The standard InChI is InChI=1S/C22H24Cl4N2O2S2/c23-15-7-5-9-17(21(15)25)27-19(29)13-31-11-3-1-2-4-12-32-14-20(30)28-18-10-6-8-16(24)22(18)26/h5-10H,1-4,11-14H2,(H,27,29)(H,28,30). The summed E-state index contributed by atoms with van der Waals surface area (Å²) in [6, 6.07) is 10.3. The van der Waals surface area contributed by atoms with Gasteiger partial charge >= 0.3 is 0 Å². The van der Waals surface area contributed by atoms with Gasteiger partial charge < -0.3 is 10.6 Å². The quantitative estimate of drug-likeness (QED) is 0.247. The third-order valence-electron chi connectivity index (χ3n) is 4.25. The Morgan fingerprint density at radius 3 is 1.47 bits per heavy atom. The van der Waals surface area contributed by atoms with Gasteiger partial charge in [-0.1, -0.05) is 71.4 Å². The summed E-state index contributed by atoms with van der Waals surface area (Å²) in [5, 5.41) is 7.11. The monoisotopic (exact) mass is 552 g/mol. The lowest BCUT2D eigenvalue weighted by Crippen LogP contribution is -2.14. The molecule has 0 bridgehead atoms. The first kappa shape index (κ1) is 27.5. The van der Waals surface area contributed by atoms with E-state index in [9.17, 15) is 9.59 Å². The number of nitrogens with one attached hydrogen (secondary N) is 2. The Labute approximate surface area is 217 Å². The molecule has 32 heavy (non-hydrogen) atoms. The summed E-state index contributed by atoms with van der Waals surface area (Å²) in [7, 11) is 0. The van der Waals surface area contributed by atoms with Crippen LogP contribution in [-0.2, 0) is 9.59 Å². The molecule has 0 unspecified atom stereocenters. The topological polar surface area (TPSA) is 58.2 Å². The maximum absolute atomic E-state index is 12.0. The van der Waals surface area contributed by atoms with Gasteiger partial charge in [0.1, 0.15) is 0 Å². The van der Waals surface area contributed by atoms with E-state index in [0.29, 0.717) is 43.0 Å². The third-order valence-corrected chi connectivity index (χ3v) is 7.97. The van der Waals surface area contributed by atoms with Gasteiger partial charge in [0.25, 0.3) is 0 Å². The molecule has 0 spiro atoms. The summed E-state index contributed by atoms with van der Waals surface area (Å²) in [4.78, 5) is 24.0. The second-order valence-electron chi connectivity index (χ2n) is 6.82. The number of benzene rings is 2. The molecular weight excluding hydrogens is 530 g/mol. The van der Waals surface area contributed by atoms with Crippen LogP contribution in [0.3, 0.4) is 0 Å². The highest BCUT2D eigenvalue weighted by Gasteiger charge is 2.09. The van der Waals surface area contributed by atoms with Gasteiger partial charge in [0.2, 0.25) is 11.8 Å². The summed E-state index contributed by atoms with van der Waals surface area (Å²) >= 11 is 27.2. The molecule has 0 aromatic heterocycles. The van der Waals surface area contributed by atoms with Crippen LogP contribution in [0.25, 0.3) is 0 Å². The second kappa shape index (κ2) is 15.2. The van der Waals surface area contributed by atoms with Crippen molar-refractivity contribution in [1.82, 2.24) is 0 Å². The van der Waals surface area contributed by atoms with Crippen molar-refractivity contribution in [2.24, 2.45) is 0 Å². The summed E-state index contributed by atoms with van der Waals surface area (Å²) in [5.74, 6) is 2.43. The van der Waals surface area contributed by atoms with Crippen molar-refractivity contribution in [3.05, 3.63) is 56.5 Å². The van der Waals surface area contributed by atoms with E-state index in [1.807, 2.05) is 0 Å². The first-order valence-electron chi connectivity index (χ1n) is 10.0. The number of amides is 2. The largest absolute Gasteiger partial charge is 0.324 e. The number of unbranched alkanes of at least 4 members (excludes halogenated alkanes) is 3. The SMILES string of the molecule is O=C(CSCCCCCCSCC(=O)Nc1cccc(Cl)c1Cl)Nc1cccc(Cl)c1Cl. The number of rotatable bonds is 13. The van der Waals surface area contributed by atoms with E-state index >= 15 is 0 Å². The first-order valence-corrected chi connectivity index (χ1v) is 13.8. The molecule has 4 nitrogen and oxygen atoms in total. The van der Waals surface area contributed by atoms with Crippen LogP contribution in [0, 0.1) is 0 Å². The van der Waals surface area contributed by atoms with Gasteiger partial charge in [-0.05, 0) is 48.6 Å². The fourth-order valence-corrected chi connectivity index (χ4v) is 4.98. The number of hydrogen-bond acceptors (Lipinski definition) is 4. The zero-order chi connectivity index (χ0) is 23.3. The van der Waals surface area contributed by atoms with Crippen LogP contribution in [0.2, 0.25) is 20.1 Å². The van der Waals surface area contributed by atoms with Crippen molar-refractivity contribution in [1.29, 1.82) is 0 Å². The highest BCUT2D eigenvalue weighted by molar-refractivity contribution is 8.00. The Morgan fingerprint density at radius 1 is 0.656 bits per heavy atom. The van der Waals surface area contributed by atoms with E-state index in [2.05, 4.69) is 10.6 Å². The molecule has 0 saturated carbocycles. The smallest absolute Gasteiger partial charge is 0.234 e. The van der Waals surface area contributed by atoms with Gasteiger partial charge in [0.05, 0.1) is 43.0 Å². The zero-order valence-electron chi connectivity index (χ0n) is 17.3. The maximum Gasteiger partial charge on any atom is 0.234 e. The average Bonchev–Trinajstić information content (AvgIpc) is 2.76. The van der Waals surface area contributed by atoms with Crippen molar-refractivity contribution in [3.63, 3.8) is 0 Å². The molecule has 0 radical (unpaired) electrons. The molecule has 2 rings (SSSR count). The molecule has 0 saturated heterocycles. The molecule has 0 aliphatic heterocycles. The van der Waals surface area contributed by atoms with Crippen molar-refractivity contribution in [3.8, 4) is 0 Å². The molecule has 10 heteroatoms. The van der Waals surface area contributed by atoms with Crippen LogP contribution in [0.4, 0.5) is 11.4 Å². The lowest BCUT2D eigenvalue weighted by molar-refractivity contribution is -0.114. The van der Waals surface area contributed by atoms with E-state index in [-0.39, 0.29) is 11.8 Å². The van der Waals surface area contributed by atoms with Gasteiger partial charge in [0, 0.05) is 0 Å². The minimum atomic E-state index is -0.0899. The molecule has 2 amide bonds. The van der Waals surface area contributed by atoms with Crippen molar-refractivity contribution < 1.29 is 9.59 Å². The van der Waals surface area contributed by atoms with Gasteiger partial charge in [-0.3, -0.25) is 9.59 Å². The number of halogens is 4. The van der Waals surface area contributed by atoms with Crippen molar-refractivity contribution >= 4 is 93.1 Å². The Kier molecular flexibility index (Phi) is 13.1. The van der Waals surface area contributed by atoms with Crippen molar-refractivity contribution in [2.75, 3.05) is 33.6 Å². The Balaban J connectivity index is 1.46. The highest BCUT2D eigenvalue weighted by Crippen LogP contribution is 2.30. The molecule has 2 N–H and O–H groups in total. The average molecular weight is 554 g/mol. The van der Waals surface area contributed by atoms with Crippen LogP contribution in [0.15, 0.2) is 36.4 Å². The van der Waals surface area contributed by atoms with Gasteiger partial charge in [-0.2, -0.15) is 23.5 Å². The second-order valence-corrected chi connectivity index (χ2v) is 10.6. The molecule has 174 valence electrons. The van der Waals surface area contributed by atoms with Gasteiger partial charge in [-0.15, -0.1) is 0 Å². The summed E-state index contributed by atoms with van der Waals surface area (Å²) in [6.45, 7) is 0. The molecular formula is C22H24Cl4N2O2S2. The number of carbonyl (C=O) groups excluding carboxylic acids is 2. The van der Waals surface area contributed by atoms with E-state index in [1.54, 1.807) is 59.9 Å².